The molecule has 1 unspecified atom stereocenters. The van der Waals surface area contributed by atoms with Crippen molar-refractivity contribution in [3.63, 3.8) is 0 Å². The normalized spacial score (nSPS) is 15.2. The summed E-state index contributed by atoms with van der Waals surface area (Å²) in [5, 5.41) is 0. The number of unbranched alkanes of at least 4 members (excludes halogenated alkanes) is 6. The number of hydrogen-bond donors (Lipinski definition) is 0. The number of halogens is 4. The number of benzene rings is 3. The first-order valence-corrected chi connectivity index (χ1v) is 15.9. The Kier molecular flexibility index (Phi) is 12.5. The Morgan fingerprint density at radius 2 is 1.30 bits per heavy atom. The summed E-state index contributed by atoms with van der Waals surface area (Å²) in [5.41, 5.74) is 2.29. The van der Waals surface area contributed by atoms with E-state index in [1.807, 2.05) is 6.92 Å². The molecular formula is C38H44F4O. The predicted molar refractivity (Wildman–Crippen MR) is 170 cm³/mol. The molecule has 0 heterocycles. The predicted octanol–water partition coefficient (Wildman–Crippen LogP) is 12.2. The van der Waals surface area contributed by atoms with E-state index in [4.69, 9.17) is 4.74 Å². The van der Waals surface area contributed by atoms with Crippen LogP contribution in [0.15, 0.2) is 66.8 Å². The smallest absolute Gasteiger partial charge is 0.201 e. The van der Waals surface area contributed by atoms with E-state index in [0.717, 1.165) is 56.9 Å². The lowest BCUT2D eigenvalue weighted by Crippen LogP contribution is -2.07. The molecule has 1 nitrogen and oxygen atoms in total. The molecule has 3 aromatic carbocycles. The van der Waals surface area contributed by atoms with E-state index in [1.165, 1.54) is 37.8 Å². The van der Waals surface area contributed by atoms with Crippen molar-refractivity contribution in [3.8, 4) is 28.0 Å². The van der Waals surface area contributed by atoms with Crippen LogP contribution in [0.2, 0.25) is 0 Å². The molecule has 0 aromatic heterocycles. The SMILES string of the molecule is CC=CCCC1CC=C(c2ccc(-c3ccc(-c4ccc(OCCCCCCCCC)c(F)c4F)cc3)c(F)c2F)CC1. The molecule has 0 amide bonds. The number of rotatable bonds is 15. The summed E-state index contributed by atoms with van der Waals surface area (Å²) in [6.45, 7) is 4.54. The van der Waals surface area contributed by atoms with Crippen LogP contribution < -0.4 is 4.74 Å². The second-order valence-corrected chi connectivity index (χ2v) is 11.6. The highest BCUT2D eigenvalue weighted by atomic mass is 19.2. The summed E-state index contributed by atoms with van der Waals surface area (Å²) in [7, 11) is 0. The maximum Gasteiger partial charge on any atom is 0.201 e. The second-order valence-electron chi connectivity index (χ2n) is 11.6. The Balaban J connectivity index is 1.39. The largest absolute Gasteiger partial charge is 0.490 e. The van der Waals surface area contributed by atoms with Gasteiger partial charge in [-0.25, -0.2) is 13.2 Å². The molecule has 0 spiro atoms. The van der Waals surface area contributed by atoms with Gasteiger partial charge in [-0.2, -0.15) is 4.39 Å². The van der Waals surface area contributed by atoms with Crippen LogP contribution in [0.4, 0.5) is 17.6 Å². The van der Waals surface area contributed by atoms with Crippen LogP contribution in [0.3, 0.4) is 0 Å². The van der Waals surface area contributed by atoms with Gasteiger partial charge in [0.05, 0.1) is 6.61 Å². The van der Waals surface area contributed by atoms with Gasteiger partial charge < -0.3 is 4.74 Å². The van der Waals surface area contributed by atoms with E-state index in [2.05, 4.69) is 25.2 Å². The lowest BCUT2D eigenvalue weighted by Gasteiger charge is -2.22. The van der Waals surface area contributed by atoms with Crippen molar-refractivity contribution in [1.82, 2.24) is 0 Å². The first-order chi connectivity index (χ1) is 20.9. The Labute approximate surface area is 254 Å². The zero-order valence-corrected chi connectivity index (χ0v) is 25.5. The van der Waals surface area contributed by atoms with Crippen molar-refractivity contribution in [3.05, 3.63) is 95.6 Å². The van der Waals surface area contributed by atoms with Gasteiger partial charge >= 0.3 is 0 Å². The van der Waals surface area contributed by atoms with Gasteiger partial charge in [-0.05, 0) is 80.2 Å². The van der Waals surface area contributed by atoms with Gasteiger partial charge in [0.1, 0.15) is 0 Å². The number of allylic oxidation sites excluding steroid dienone is 4. The summed E-state index contributed by atoms with van der Waals surface area (Å²) < 4.78 is 65.8. The van der Waals surface area contributed by atoms with Crippen LogP contribution in [0.1, 0.15) is 96.5 Å². The molecule has 3 aromatic rings. The van der Waals surface area contributed by atoms with Gasteiger partial charge in [0.2, 0.25) is 5.82 Å². The first-order valence-electron chi connectivity index (χ1n) is 15.9. The molecule has 0 saturated carbocycles. The summed E-state index contributed by atoms with van der Waals surface area (Å²) in [5.74, 6) is -3.28. The van der Waals surface area contributed by atoms with Crippen LogP contribution in [0.5, 0.6) is 5.75 Å². The van der Waals surface area contributed by atoms with Crippen molar-refractivity contribution in [2.45, 2.75) is 90.9 Å². The van der Waals surface area contributed by atoms with Crippen molar-refractivity contribution >= 4 is 5.57 Å². The molecule has 1 aliphatic rings. The molecule has 1 aliphatic carbocycles. The summed E-state index contributed by atoms with van der Waals surface area (Å²) in [6.07, 6.45) is 18.8. The Morgan fingerprint density at radius 3 is 1.93 bits per heavy atom. The van der Waals surface area contributed by atoms with Crippen LogP contribution in [0.25, 0.3) is 27.8 Å². The maximum absolute atomic E-state index is 15.3. The van der Waals surface area contributed by atoms with Crippen molar-refractivity contribution < 1.29 is 22.3 Å². The molecule has 1 atom stereocenters. The van der Waals surface area contributed by atoms with E-state index >= 15 is 8.78 Å². The van der Waals surface area contributed by atoms with Gasteiger partial charge in [0.25, 0.3) is 0 Å². The standard InChI is InChI=1S/C38H44F4O/c1-3-5-7-8-9-10-12-26-43-34-25-24-33(37(41)38(34)42)30-20-18-29(19-21-30)32-23-22-31(35(39)36(32)40)28-16-14-27(15-17-28)13-11-6-4-2/h4,6,16,18-25,27H,3,5,7-15,17,26H2,1-2H3. The maximum atomic E-state index is 15.3. The Hall–Kier alpha value is -3.34. The van der Waals surface area contributed by atoms with E-state index in [1.54, 1.807) is 36.4 Å². The van der Waals surface area contributed by atoms with Gasteiger partial charge in [0, 0.05) is 16.7 Å². The molecule has 0 N–H and O–H groups in total. The van der Waals surface area contributed by atoms with Gasteiger partial charge in [-0.3, -0.25) is 0 Å². The Morgan fingerprint density at radius 1 is 0.721 bits per heavy atom. The zero-order chi connectivity index (χ0) is 30.6. The minimum Gasteiger partial charge on any atom is -0.490 e. The lowest BCUT2D eigenvalue weighted by molar-refractivity contribution is 0.285. The monoisotopic (exact) mass is 592 g/mol. The van der Waals surface area contributed by atoms with Crippen molar-refractivity contribution in [1.29, 1.82) is 0 Å². The fraction of sp³-hybridized carbons (Fsp3) is 0.421. The molecule has 0 aliphatic heterocycles. The molecule has 5 heteroatoms. The Bertz CT molecular complexity index is 1390. The molecule has 0 bridgehead atoms. The molecule has 0 fully saturated rings. The van der Waals surface area contributed by atoms with E-state index < -0.39 is 23.3 Å². The van der Waals surface area contributed by atoms with E-state index in [0.29, 0.717) is 29.2 Å². The van der Waals surface area contributed by atoms with E-state index in [9.17, 15) is 8.78 Å². The topological polar surface area (TPSA) is 9.23 Å². The van der Waals surface area contributed by atoms with Crippen LogP contribution in [0, 0.1) is 29.2 Å². The average molecular weight is 593 g/mol. The van der Waals surface area contributed by atoms with Crippen LogP contribution in [-0.4, -0.2) is 6.61 Å². The average Bonchev–Trinajstić information content (AvgIpc) is 3.02. The highest BCUT2D eigenvalue weighted by Crippen LogP contribution is 2.37. The van der Waals surface area contributed by atoms with Gasteiger partial charge in [-0.1, -0.05) is 100 Å². The number of ether oxygens (including phenoxy) is 1. The highest BCUT2D eigenvalue weighted by Gasteiger charge is 2.21. The molecule has 0 radical (unpaired) electrons. The summed E-state index contributed by atoms with van der Waals surface area (Å²) >= 11 is 0. The van der Waals surface area contributed by atoms with Gasteiger partial charge in [-0.15, -0.1) is 0 Å². The zero-order valence-electron chi connectivity index (χ0n) is 25.5. The van der Waals surface area contributed by atoms with E-state index in [-0.39, 0.29) is 16.9 Å². The van der Waals surface area contributed by atoms with Crippen LogP contribution in [-0.2, 0) is 0 Å². The number of hydrogen-bond acceptors (Lipinski definition) is 1. The molecule has 4 rings (SSSR count). The van der Waals surface area contributed by atoms with Crippen molar-refractivity contribution in [2.75, 3.05) is 6.61 Å². The third kappa shape index (κ3) is 8.61. The minimum atomic E-state index is -1.02. The van der Waals surface area contributed by atoms with Crippen molar-refractivity contribution in [2.24, 2.45) is 5.92 Å². The van der Waals surface area contributed by atoms with Gasteiger partial charge in [0.15, 0.2) is 23.2 Å². The fourth-order valence-electron chi connectivity index (χ4n) is 5.85. The summed E-state index contributed by atoms with van der Waals surface area (Å²) in [4.78, 5) is 0. The molecule has 43 heavy (non-hydrogen) atoms. The quantitative estimate of drug-likeness (QED) is 0.0969. The molecule has 0 saturated heterocycles. The van der Waals surface area contributed by atoms with Crippen LogP contribution >= 0.6 is 0 Å². The minimum absolute atomic E-state index is 0.0857. The summed E-state index contributed by atoms with van der Waals surface area (Å²) in [6, 6.07) is 12.6. The fourth-order valence-corrected chi connectivity index (χ4v) is 5.85. The lowest BCUT2D eigenvalue weighted by atomic mass is 9.83. The highest BCUT2D eigenvalue weighted by molar-refractivity contribution is 5.74. The third-order valence-corrected chi connectivity index (χ3v) is 8.48. The molecule has 230 valence electrons. The third-order valence-electron chi connectivity index (χ3n) is 8.48. The second kappa shape index (κ2) is 16.5. The molecular weight excluding hydrogens is 548 g/mol. The first kappa shape index (κ1) is 32.6.